The second-order valence-corrected chi connectivity index (χ2v) is 5.52. The van der Waals surface area contributed by atoms with Crippen LogP contribution in [0.3, 0.4) is 0 Å². The van der Waals surface area contributed by atoms with E-state index in [1.807, 2.05) is 25.1 Å². The molecule has 0 radical (unpaired) electrons. The van der Waals surface area contributed by atoms with Crippen LogP contribution in [0.4, 0.5) is 0 Å². The van der Waals surface area contributed by atoms with Crippen LogP contribution in [0.2, 0.25) is 0 Å². The highest BCUT2D eigenvalue weighted by molar-refractivity contribution is 5.84. The van der Waals surface area contributed by atoms with Crippen molar-refractivity contribution in [1.29, 1.82) is 0 Å². The summed E-state index contributed by atoms with van der Waals surface area (Å²) in [7, 11) is 0. The maximum Gasteiger partial charge on any atom is 0.144 e. The molecular formula is C17H25N3O. The average Bonchev–Trinajstić information content (AvgIpc) is 2.83. The van der Waals surface area contributed by atoms with Crippen LogP contribution in [-0.2, 0) is 17.8 Å². The van der Waals surface area contributed by atoms with Gasteiger partial charge in [0.15, 0.2) is 0 Å². The van der Waals surface area contributed by atoms with Crippen LogP contribution in [0.5, 0.6) is 0 Å². The monoisotopic (exact) mass is 287 g/mol. The second kappa shape index (κ2) is 7.36. The first-order valence-electron chi connectivity index (χ1n) is 7.84. The molecule has 4 heteroatoms. The summed E-state index contributed by atoms with van der Waals surface area (Å²) in [6.45, 7) is 8.73. The molecule has 2 aromatic rings. The molecule has 1 atom stereocenters. The first kappa shape index (κ1) is 15.7. The van der Waals surface area contributed by atoms with Crippen LogP contribution in [0.25, 0.3) is 11.0 Å². The fourth-order valence-corrected chi connectivity index (χ4v) is 2.54. The number of ketones is 1. The van der Waals surface area contributed by atoms with Gasteiger partial charge in [0.2, 0.25) is 0 Å². The molecule has 0 saturated carbocycles. The second-order valence-electron chi connectivity index (χ2n) is 5.52. The van der Waals surface area contributed by atoms with Crippen molar-refractivity contribution in [3.05, 3.63) is 30.1 Å². The van der Waals surface area contributed by atoms with E-state index in [2.05, 4.69) is 34.8 Å². The summed E-state index contributed by atoms with van der Waals surface area (Å²) in [5.74, 6) is 1.18. The molecular weight excluding hydrogens is 262 g/mol. The zero-order chi connectivity index (χ0) is 15.2. The minimum absolute atomic E-state index is 0.0276. The van der Waals surface area contributed by atoms with E-state index in [0.29, 0.717) is 6.42 Å². The Morgan fingerprint density at radius 3 is 2.81 bits per heavy atom. The van der Waals surface area contributed by atoms with Gasteiger partial charge in [-0.15, -0.1) is 0 Å². The minimum atomic E-state index is 0.0276. The van der Waals surface area contributed by atoms with Crippen molar-refractivity contribution < 1.29 is 4.79 Å². The maximum atomic E-state index is 12.4. The third-order valence-corrected chi connectivity index (χ3v) is 3.76. The number of Topliss-reactive ketones (excluding diaryl/α,β-unsaturated/α-hetero) is 1. The van der Waals surface area contributed by atoms with Gasteiger partial charge in [-0.25, -0.2) is 4.98 Å². The predicted octanol–water partition coefficient (Wildman–Crippen LogP) is 2.80. The summed E-state index contributed by atoms with van der Waals surface area (Å²) < 4.78 is 2.19. The number of benzene rings is 1. The average molecular weight is 287 g/mol. The first-order valence-corrected chi connectivity index (χ1v) is 7.84. The number of imidazole rings is 1. The van der Waals surface area contributed by atoms with Crippen molar-refractivity contribution in [3.8, 4) is 0 Å². The normalized spacial score (nSPS) is 12.7. The Hall–Kier alpha value is -1.68. The van der Waals surface area contributed by atoms with Gasteiger partial charge in [0.1, 0.15) is 11.6 Å². The molecule has 114 valence electrons. The van der Waals surface area contributed by atoms with Crippen molar-refractivity contribution in [2.24, 2.45) is 5.92 Å². The van der Waals surface area contributed by atoms with Gasteiger partial charge in [-0.05, 0) is 25.1 Å². The van der Waals surface area contributed by atoms with Gasteiger partial charge < -0.3 is 9.88 Å². The van der Waals surface area contributed by atoms with E-state index in [-0.39, 0.29) is 11.7 Å². The fourth-order valence-electron chi connectivity index (χ4n) is 2.54. The Labute approximate surface area is 126 Å². The predicted molar refractivity (Wildman–Crippen MR) is 86.4 cm³/mol. The van der Waals surface area contributed by atoms with Gasteiger partial charge in [-0.2, -0.15) is 0 Å². The highest BCUT2D eigenvalue weighted by Crippen LogP contribution is 2.18. The van der Waals surface area contributed by atoms with Crippen LogP contribution >= 0.6 is 0 Å². The van der Waals surface area contributed by atoms with Crippen LogP contribution in [0.1, 0.15) is 33.0 Å². The summed E-state index contributed by atoms with van der Waals surface area (Å²) in [4.78, 5) is 17.0. The summed E-state index contributed by atoms with van der Waals surface area (Å²) in [5.41, 5.74) is 2.11. The van der Waals surface area contributed by atoms with Crippen molar-refractivity contribution in [2.45, 2.75) is 40.2 Å². The molecule has 0 saturated heterocycles. The van der Waals surface area contributed by atoms with E-state index >= 15 is 0 Å². The Morgan fingerprint density at radius 1 is 1.33 bits per heavy atom. The lowest BCUT2D eigenvalue weighted by atomic mass is 10.0. The molecule has 1 unspecified atom stereocenters. The zero-order valence-corrected chi connectivity index (χ0v) is 13.2. The van der Waals surface area contributed by atoms with Crippen molar-refractivity contribution >= 4 is 16.8 Å². The number of aromatic nitrogens is 2. The third-order valence-electron chi connectivity index (χ3n) is 3.76. The van der Waals surface area contributed by atoms with E-state index in [1.165, 1.54) is 0 Å². The van der Waals surface area contributed by atoms with Gasteiger partial charge in [0, 0.05) is 19.0 Å². The highest BCUT2D eigenvalue weighted by atomic mass is 16.1. The molecule has 1 N–H and O–H groups in total. The lowest BCUT2D eigenvalue weighted by molar-refractivity contribution is -0.121. The number of carbonyl (C=O) groups excluding carboxylic acids is 1. The number of para-hydroxylation sites is 2. The van der Waals surface area contributed by atoms with Gasteiger partial charge >= 0.3 is 0 Å². The van der Waals surface area contributed by atoms with E-state index in [0.717, 1.165) is 42.9 Å². The molecule has 0 bridgehead atoms. The number of hydrogen-bond acceptors (Lipinski definition) is 3. The Balaban J connectivity index is 2.21. The van der Waals surface area contributed by atoms with E-state index < -0.39 is 0 Å². The van der Waals surface area contributed by atoms with Crippen LogP contribution in [0.15, 0.2) is 24.3 Å². The summed E-state index contributed by atoms with van der Waals surface area (Å²) in [5, 5.41) is 3.23. The van der Waals surface area contributed by atoms with Gasteiger partial charge in [0.05, 0.1) is 17.5 Å². The molecule has 0 aliphatic carbocycles. The standard InChI is InChI=1S/C17H25N3O/c1-4-10-20-15-9-7-6-8-14(15)19-17(20)11-16(21)13(3)12-18-5-2/h6-9,13,18H,4-5,10-12H2,1-3H3. The Bertz CT molecular complexity index is 603. The molecule has 0 aliphatic rings. The van der Waals surface area contributed by atoms with E-state index in [9.17, 15) is 4.79 Å². The Kier molecular flexibility index (Phi) is 5.51. The van der Waals surface area contributed by atoms with Crippen LogP contribution in [-0.4, -0.2) is 28.4 Å². The fraction of sp³-hybridized carbons (Fsp3) is 0.529. The molecule has 1 heterocycles. The van der Waals surface area contributed by atoms with E-state index in [1.54, 1.807) is 0 Å². The SMILES string of the molecule is CCCn1c(CC(=O)C(C)CNCC)nc2ccccc21. The molecule has 0 fully saturated rings. The number of hydrogen-bond donors (Lipinski definition) is 1. The molecule has 0 amide bonds. The third kappa shape index (κ3) is 3.70. The zero-order valence-electron chi connectivity index (χ0n) is 13.2. The number of nitrogens with one attached hydrogen (secondary N) is 1. The molecule has 0 aliphatic heterocycles. The molecule has 1 aromatic carbocycles. The Morgan fingerprint density at radius 2 is 2.10 bits per heavy atom. The number of rotatable bonds is 8. The van der Waals surface area contributed by atoms with Crippen molar-refractivity contribution in [2.75, 3.05) is 13.1 Å². The van der Waals surface area contributed by atoms with E-state index in [4.69, 9.17) is 0 Å². The number of aryl methyl sites for hydroxylation is 1. The molecule has 21 heavy (non-hydrogen) atoms. The van der Waals surface area contributed by atoms with Crippen LogP contribution < -0.4 is 5.32 Å². The van der Waals surface area contributed by atoms with Crippen molar-refractivity contribution in [3.63, 3.8) is 0 Å². The number of carbonyl (C=O) groups is 1. The first-order chi connectivity index (χ1) is 10.2. The van der Waals surface area contributed by atoms with Crippen LogP contribution in [0, 0.1) is 5.92 Å². The topological polar surface area (TPSA) is 46.9 Å². The highest BCUT2D eigenvalue weighted by Gasteiger charge is 2.17. The minimum Gasteiger partial charge on any atom is -0.328 e. The van der Waals surface area contributed by atoms with Crippen molar-refractivity contribution in [1.82, 2.24) is 14.9 Å². The molecule has 0 spiro atoms. The smallest absolute Gasteiger partial charge is 0.144 e. The maximum absolute atomic E-state index is 12.4. The summed E-state index contributed by atoms with van der Waals surface area (Å²) in [6.07, 6.45) is 1.45. The molecule has 2 rings (SSSR count). The molecule has 4 nitrogen and oxygen atoms in total. The van der Waals surface area contributed by atoms with Gasteiger partial charge in [-0.1, -0.05) is 32.9 Å². The number of fused-ring (bicyclic) bond motifs is 1. The summed E-state index contributed by atoms with van der Waals surface area (Å²) >= 11 is 0. The van der Waals surface area contributed by atoms with Gasteiger partial charge in [-0.3, -0.25) is 4.79 Å². The number of nitrogens with zero attached hydrogens (tertiary/aromatic N) is 2. The van der Waals surface area contributed by atoms with Gasteiger partial charge in [0.25, 0.3) is 0 Å². The lowest BCUT2D eigenvalue weighted by Crippen LogP contribution is -2.28. The summed E-state index contributed by atoms with van der Waals surface area (Å²) in [6, 6.07) is 8.10. The molecule has 1 aromatic heterocycles. The quantitative estimate of drug-likeness (QED) is 0.812. The largest absolute Gasteiger partial charge is 0.328 e. The lowest BCUT2D eigenvalue weighted by Gasteiger charge is -2.12.